The summed E-state index contributed by atoms with van der Waals surface area (Å²) in [4.78, 5) is 26.1. The van der Waals surface area contributed by atoms with Crippen LogP contribution in [0.4, 0.5) is 0 Å². The number of amides is 1. The van der Waals surface area contributed by atoms with Crippen molar-refractivity contribution in [1.82, 2.24) is 5.32 Å². The lowest BCUT2D eigenvalue weighted by Crippen LogP contribution is -2.46. The predicted molar refractivity (Wildman–Crippen MR) is 268 cm³/mol. The lowest BCUT2D eigenvalue weighted by molar-refractivity contribution is -0.151. The number of unbranched alkanes of at least 4 members (excludes halogenated alkanes) is 20. The highest BCUT2D eigenvalue weighted by molar-refractivity contribution is 5.77. The van der Waals surface area contributed by atoms with Crippen LogP contribution in [0.15, 0.2) is 109 Å². The third kappa shape index (κ3) is 43.2. The third-order valence-corrected chi connectivity index (χ3v) is 10.8. The number of allylic oxidation sites excluding steroid dienone is 18. The fourth-order valence-corrected chi connectivity index (χ4v) is 7.01. The molecule has 0 saturated carbocycles. The highest BCUT2D eigenvalue weighted by Crippen LogP contribution is 2.17. The number of hydrogen-bond acceptors (Lipinski definition) is 5. The van der Waals surface area contributed by atoms with Crippen LogP contribution in [0.3, 0.4) is 0 Å². The van der Waals surface area contributed by atoms with Gasteiger partial charge in [0.05, 0.1) is 25.2 Å². The lowest BCUT2D eigenvalue weighted by atomic mass is 10.0. The molecule has 0 bridgehead atoms. The first-order valence-electron chi connectivity index (χ1n) is 25.2. The van der Waals surface area contributed by atoms with Crippen LogP contribution in [-0.2, 0) is 14.3 Å². The van der Waals surface area contributed by atoms with E-state index in [0.717, 1.165) is 83.5 Å². The largest absolute Gasteiger partial charge is 0.462 e. The number of esters is 1. The Kier molecular flexibility index (Phi) is 45.8. The van der Waals surface area contributed by atoms with Gasteiger partial charge in [-0.2, -0.15) is 0 Å². The molecule has 62 heavy (non-hydrogen) atoms. The predicted octanol–water partition coefficient (Wildman–Crippen LogP) is 15.1. The Bertz CT molecular complexity index is 1280. The second-order valence-corrected chi connectivity index (χ2v) is 16.7. The molecular formula is C56H93NO5. The molecule has 1 amide bonds. The van der Waals surface area contributed by atoms with Gasteiger partial charge < -0.3 is 20.3 Å². The average molecular weight is 860 g/mol. The van der Waals surface area contributed by atoms with E-state index in [-0.39, 0.29) is 24.9 Å². The number of aliphatic hydroxyl groups excluding tert-OH is 2. The van der Waals surface area contributed by atoms with Gasteiger partial charge in [0.15, 0.2) is 0 Å². The van der Waals surface area contributed by atoms with Crippen molar-refractivity contribution >= 4 is 11.9 Å². The number of aliphatic hydroxyl groups is 2. The van der Waals surface area contributed by atoms with E-state index in [1.165, 1.54) is 77.0 Å². The van der Waals surface area contributed by atoms with E-state index in [1.54, 1.807) is 0 Å². The number of carbonyl (C=O) groups is 2. The van der Waals surface area contributed by atoms with Gasteiger partial charge in [0.1, 0.15) is 6.10 Å². The number of ether oxygens (including phenoxy) is 1. The van der Waals surface area contributed by atoms with Crippen LogP contribution in [0.25, 0.3) is 0 Å². The van der Waals surface area contributed by atoms with Crippen molar-refractivity contribution in [3.63, 3.8) is 0 Å². The fraction of sp³-hybridized carbons (Fsp3) is 0.643. The molecule has 0 aromatic rings. The van der Waals surface area contributed by atoms with Crippen molar-refractivity contribution in [2.75, 3.05) is 6.61 Å². The molecule has 3 atom stereocenters. The first kappa shape index (κ1) is 58.5. The molecule has 0 aliphatic heterocycles. The molecule has 0 heterocycles. The second kappa shape index (κ2) is 48.6. The Morgan fingerprint density at radius 3 is 1.42 bits per heavy atom. The van der Waals surface area contributed by atoms with Crippen LogP contribution >= 0.6 is 0 Å². The molecule has 0 aromatic carbocycles. The Morgan fingerprint density at radius 1 is 0.484 bits per heavy atom. The van der Waals surface area contributed by atoms with E-state index in [0.29, 0.717) is 19.3 Å². The van der Waals surface area contributed by atoms with Gasteiger partial charge in [-0.25, -0.2) is 0 Å². The number of carbonyl (C=O) groups excluding carboxylic acids is 2. The van der Waals surface area contributed by atoms with Gasteiger partial charge in [0.25, 0.3) is 0 Å². The van der Waals surface area contributed by atoms with Crippen molar-refractivity contribution in [3.05, 3.63) is 109 Å². The van der Waals surface area contributed by atoms with E-state index in [2.05, 4.69) is 74.7 Å². The third-order valence-electron chi connectivity index (χ3n) is 10.8. The summed E-state index contributed by atoms with van der Waals surface area (Å²) in [7, 11) is 0. The van der Waals surface area contributed by atoms with Crippen LogP contribution < -0.4 is 5.32 Å². The van der Waals surface area contributed by atoms with Gasteiger partial charge in [0.2, 0.25) is 5.91 Å². The summed E-state index contributed by atoms with van der Waals surface area (Å²) >= 11 is 0. The Labute approximate surface area is 381 Å². The normalized spacial score (nSPS) is 14.2. The van der Waals surface area contributed by atoms with Crippen LogP contribution in [0, 0.1) is 0 Å². The maximum Gasteiger partial charge on any atom is 0.306 e. The molecule has 3 N–H and O–H groups in total. The van der Waals surface area contributed by atoms with Crippen molar-refractivity contribution in [3.8, 4) is 0 Å². The van der Waals surface area contributed by atoms with Crippen molar-refractivity contribution in [1.29, 1.82) is 0 Å². The summed E-state index contributed by atoms with van der Waals surface area (Å²) in [6.45, 7) is 6.21. The second-order valence-electron chi connectivity index (χ2n) is 16.7. The summed E-state index contributed by atoms with van der Waals surface area (Å²) in [5.41, 5.74) is 0. The zero-order valence-corrected chi connectivity index (χ0v) is 40.0. The smallest absolute Gasteiger partial charge is 0.306 e. The van der Waals surface area contributed by atoms with Gasteiger partial charge in [-0.05, 0) is 57.8 Å². The van der Waals surface area contributed by atoms with Gasteiger partial charge in [-0.3, -0.25) is 9.59 Å². The molecule has 0 fully saturated rings. The molecule has 6 heteroatoms. The Balaban J connectivity index is 4.67. The summed E-state index contributed by atoms with van der Waals surface area (Å²) in [5.74, 6) is -0.581. The highest BCUT2D eigenvalue weighted by atomic mass is 16.5. The highest BCUT2D eigenvalue weighted by Gasteiger charge is 2.24. The minimum absolute atomic E-state index is 0.0142. The van der Waals surface area contributed by atoms with E-state index < -0.39 is 18.2 Å². The molecule has 6 nitrogen and oxygen atoms in total. The fourth-order valence-electron chi connectivity index (χ4n) is 7.01. The average Bonchev–Trinajstić information content (AvgIpc) is 3.26. The quantitative estimate of drug-likeness (QED) is 0.0322. The summed E-state index contributed by atoms with van der Waals surface area (Å²) in [6.07, 6.45) is 65.8. The molecule has 0 aliphatic carbocycles. The van der Waals surface area contributed by atoms with Gasteiger partial charge in [-0.15, -0.1) is 0 Å². The standard InChI is InChI=1S/C56H93NO5/c1-4-7-10-13-16-19-22-24-26-27-28-29-31-34-37-40-43-46-49-56(61)62-52(47-44-41-38-35-32-21-18-15-12-9-6-3)50-55(60)57-53(51-58)54(59)48-45-42-39-36-33-30-25-23-20-17-14-11-8-5-2/h9-10,12-13,15-16,18-19,21-22,24,26-29,32,35,38,52-54,58-59H,4-8,11,14,17,20,23,25,30-31,33-34,36-37,39-51H2,1-3H3,(H,57,60)/b12-9+,13-10+,18-15+,19-16+,24-22+,27-26+,29-28+,32-21-,38-35-. The van der Waals surface area contributed by atoms with Crippen molar-refractivity contribution in [2.24, 2.45) is 0 Å². The van der Waals surface area contributed by atoms with E-state index in [1.807, 2.05) is 60.8 Å². The molecule has 0 rings (SSSR count). The van der Waals surface area contributed by atoms with Crippen molar-refractivity contribution in [2.45, 2.75) is 225 Å². The molecule has 0 aromatic heterocycles. The Hall–Kier alpha value is -3.48. The van der Waals surface area contributed by atoms with Crippen LogP contribution in [0.1, 0.15) is 207 Å². The molecular weight excluding hydrogens is 767 g/mol. The van der Waals surface area contributed by atoms with Gasteiger partial charge in [-0.1, -0.05) is 246 Å². The first-order valence-corrected chi connectivity index (χ1v) is 25.2. The molecule has 0 saturated heterocycles. The zero-order chi connectivity index (χ0) is 45.2. The van der Waals surface area contributed by atoms with Crippen LogP contribution in [0.2, 0.25) is 0 Å². The molecule has 352 valence electrons. The Morgan fingerprint density at radius 2 is 0.919 bits per heavy atom. The number of rotatable bonds is 43. The van der Waals surface area contributed by atoms with Gasteiger partial charge >= 0.3 is 5.97 Å². The van der Waals surface area contributed by atoms with Crippen LogP contribution in [-0.4, -0.2) is 46.9 Å². The SMILES string of the molecule is CC/C=C/C=C/C=C\C=C/CCCC(CC(=O)NC(CO)C(O)CCCCCCCCCCCCCCCC)OC(=O)CCCCCCC/C=C/C=C/C=C/C=C/C=C/CCC. The van der Waals surface area contributed by atoms with Crippen molar-refractivity contribution < 1.29 is 24.5 Å². The monoisotopic (exact) mass is 860 g/mol. The van der Waals surface area contributed by atoms with Gasteiger partial charge in [0, 0.05) is 6.42 Å². The molecule has 3 unspecified atom stereocenters. The molecule has 0 aliphatic rings. The number of nitrogens with one attached hydrogen (secondary N) is 1. The summed E-state index contributed by atoms with van der Waals surface area (Å²) in [6, 6.07) is -0.735. The maximum absolute atomic E-state index is 13.2. The maximum atomic E-state index is 13.2. The molecule has 0 spiro atoms. The first-order chi connectivity index (χ1) is 30.5. The number of hydrogen-bond donors (Lipinski definition) is 3. The topological polar surface area (TPSA) is 95.9 Å². The minimum Gasteiger partial charge on any atom is -0.462 e. The van der Waals surface area contributed by atoms with Crippen LogP contribution in [0.5, 0.6) is 0 Å². The van der Waals surface area contributed by atoms with E-state index in [4.69, 9.17) is 4.74 Å². The summed E-state index contributed by atoms with van der Waals surface area (Å²) < 4.78 is 5.87. The zero-order valence-electron chi connectivity index (χ0n) is 40.0. The molecule has 0 radical (unpaired) electrons. The summed E-state index contributed by atoms with van der Waals surface area (Å²) in [5, 5.41) is 23.7. The van der Waals surface area contributed by atoms with E-state index >= 15 is 0 Å². The van der Waals surface area contributed by atoms with E-state index in [9.17, 15) is 19.8 Å². The lowest BCUT2D eigenvalue weighted by Gasteiger charge is -2.24. The minimum atomic E-state index is -0.816.